The van der Waals surface area contributed by atoms with Gasteiger partial charge in [-0.05, 0) is 37.0 Å². The van der Waals surface area contributed by atoms with Crippen LogP contribution in [0.1, 0.15) is 24.8 Å². The van der Waals surface area contributed by atoms with Crippen molar-refractivity contribution in [2.75, 3.05) is 52.4 Å². The summed E-state index contributed by atoms with van der Waals surface area (Å²) in [6.07, 6.45) is 2.89. The third-order valence-electron chi connectivity index (χ3n) is 5.23. The summed E-state index contributed by atoms with van der Waals surface area (Å²) in [7, 11) is -3.36. The summed E-state index contributed by atoms with van der Waals surface area (Å²) in [6, 6.07) is 6.95. The van der Waals surface area contributed by atoms with E-state index in [2.05, 4.69) is 15.5 Å². The van der Waals surface area contributed by atoms with Gasteiger partial charge in [0.1, 0.15) is 0 Å². The molecule has 2 aliphatic heterocycles. The van der Waals surface area contributed by atoms with Crippen LogP contribution >= 0.6 is 0 Å². The Balaban J connectivity index is 1.41. The molecule has 0 bridgehead atoms. The average molecular weight is 395 g/mol. The van der Waals surface area contributed by atoms with E-state index in [1.807, 2.05) is 12.1 Å². The molecule has 1 amide bonds. The topological polar surface area (TPSA) is 81.8 Å². The lowest BCUT2D eigenvalue weighted by Crippen LogP contribution is -2.46. The predicted octanol–water partition coefficient (Wildman–Crippen LogP) is 0.425. The van der Waals surface area contributed by atoms with Gasteiger partial charge in [0.05, 0.1) is 4.90 Å². The summed E-state index contributed by atoms with van der Waals surface area (Å²) in [5, 5.41) is 6.28. The van der Waals surface area contributed by atoms with Crippen LogP contribution in [0.25, 0.3) is 0 Å². The first-order valence-corrected chi connectivity index (χ1v) is 11.3. The second kappa shape index (κ2) is 9.64. The molecular formula is C19H30N4O3S. The number of amides is 1. The summed E-state index contributed by atoms with van der Waals surface area (Å²) in [5.41, 5.74) is 0.979. The molecular weight excluding hydrogens is 364 g/mol. The van der Waals surface area contributed by atoms with Crippen LogP contribution in [-0.2, 0) is 21.2 Å². The van der Waals surface area contributed by atoms with Crippen molar-refractivity contribution in [3.05, 3.63) is 29.8 Å². The maximum atomic E-state index is 12.5. The highest BCUT2D eigenvalue weighted by Crippen LogP contribution is 2.21. The molecule has 0 aliphatic carbocycles. The maximum Gasteiger partial charge on any atom is 0.243 e. The van der Waals surface area contributed by atoms with Crippen LogP contribution in [0.5, 0.6) is 0 Å². The van der Waals surface area contributed by atoms with Crippen molar-refractivity contribution in [1.29, 1.82) is 0 Å². The first-order valence-electron chi connectivity index (χ1n) is 9.84. The highest BCUT2D eigenvalue weighted by Gasteiger charge is 2.26. The maximum absolute atomic E-state index is 12.5. The lowest BCUT2D eigenvalue weighted by atomic mass is 10.1. The van der Waals surface area contributed by atoms with E-state index < -0.39 is 10.0 Å². The number of aryl methyl sites for hydroxylation is 1. The molecule has 2 N–H and O–H groups in total. The minimum atomic E-state index is -3.36. The number of hydrogen-bond acceptors (Lipinski definition) is 5. The van der Waals surface area contributed by atoms with E-state index in [1.54, 1.807) is 16.4 Å². The molecule has 0 unspecified atom stereocenters. The molecule has 0 saturated carbocycles. The Morgan fingerprint density at radius 1 is 1.04 bits per heavy atom. The fourth-order valence-corrected chi connectivity index (χ4v) is 5.06. The van der Waals surface area contributed by atoms with Gasteiger partial charge in [0.15, 0.2) is 0 Å². The Morgan fingerprint density at radius 2 is 1.70 bits per heavy atom. The molecule has 7 nitrogen and oxygen atoms in total. The van der Waals surface area contributed by atoms with Crippen LogP contribution in [0.3, 0.4) is 0 Å². The zero-order valence-electron chi connectivity index (χ0n) is 15.8. The van der Waals surface area contributed by atoms with Crippen LogP contribution in [0.15, 0.2) is 29.2 Å². The predicted molar refractivity (Wildman–Crippen MR) is 105 cm³/mol. The highest BCUT2D eigenvalue weighted by atomic mass is 32.2. The Hall–Kier alpha value is -1.48. The molecule has 0 atom stereocenters. The van der Waals surface area contributed by atoms with E-state index in [9.17, 15) is 13.2 Å². The van der Waals surface area contributed by atoms with Crippen molar-refractivity contribution in [3.8, 4) is 0 Å². The van der Waals surface area contributed by atoms with E-state index in [0.717, 1.165) is 51.1 Å². The fraction of sp³-hybridized carbons (Fsp3) is 0.632. The Labute approximate surface area is 162 Å². The van der Waals surface area contributed by atoms with Gasteiger partial charge in [0, 0.05) is 58.8 Å². The summed E-state index contributed by atoms with van der Waals surface area (Å²) in [4.78, 5) is 14.7. The number of carbonyl (C=O) groups excluding carboxylic acids is 1. The van der Waals surface area contributed by atoms with Crippen molar-refractivity contribution in [2.24, 2.45) is 0 Å². The molecule has 2 fully saturated rings. The first-order chi connectivity index (χ1) is 13.1. The molecule has 8 heteroatoms. The molecule has 2 aliphatic rings. The van der Waals surface area contributed by atoms with Crippen LogP contribution in [0, 0.1) is 0 Å². The van der Waals surface area contributed by atoms with Crippen LogP contribution < -0.4 is 10.6 Å². The zero-order chi connectivity index (χ0) is 19.1. The SMILES string of the molecule is O=C(CCc1ccc(S(=O)(=O)N2CCCC2)cc1)NCCN1CCNCC1. The normalized spacial score (nSPS) is 19.3. The lowest BCUT2D eigenvalue weighted by Gasteiger charge is -2.27. The smallest absolute Gasteiger partial charge is 0.243 e. The highest BCUT2D eigenvalue weighted by molar-refractivity contribution is 7.89. The van der Waals surface area contributed by atoms with Gasteiger partial charge in [-0.3, -0.25) is 9.69 Å². The van der Waals surface area contributed by atoms with Gasteiger partial charge in [-0.2, -0.15) is 4.31 Å². The van der Waals surface area contributed by atoms with Crippen LogP contribution in [0.4, 0.5) is 0 Å². The number of carbonyl (C=O) groups is 1. The van der Waals surface area contributed by atoms with E-state index in [4.69, 9.17) is 0 Å². The minimum absolute atomic E-state index is 0.0406. The van der Waals surface area contributed by atoms with Crippen molar-refractivity contribution in [1.82, 2.24) is 19.8 Å². The van der Waals surface area contributed by atoms with Crippen molar-refractivity contribution >= 4 is 15.9 Å². The van der Waals surface area contributed by atoms with E-state index >= 15 is 0 Å². The third kappa shape index (κ3) is 5.75. The summed E-state index contributed by atoms with van der Waals surface area (Å²) in [5.74, 6) is 0.0406. The van der Waals surface area contributed by atoms with Gasteiger partial charge in [0.2, 0.25) is 15.9 Å². The largest absolute Gasteiger partial charge is 0.355 e. The fourth-order valence-electron chi connectivity index (χ4n) is 3.54. The zero-order valence-corrected chi connectivity index (χ0v) is 16.6. The van der Waals surface area contributed by atoms with Gasteiger partial charge in [-0.1, -0.05) is 12.1 Å². The second-order valence-electron chi connectivity index (χ2n) is 7.20. The Morgan fingerprint density at radius 3 is 2.37 bits per heavy atom. The van der Waals surface area contributed by atoms with E-state index in [0.29, 0.717) is 37.4 Å². The van der Waals surface area contributed by atoms with E-state index in [1.165, 1.54) is 0 Å². The average Bonchev–Trinajstić information content (AvgIpc) is 3.23. The molecule has 2 heterocycles. The second-order valence-corrected chi connectivity index (χ2v) is 9.13. The molecule has 0 radical (unpaired) electrons. The molecule has 0 spiro atoms. The molecule has 3 rings (SSSR count). The molecule has 2 saturated heterocycles. The van der Waals surface area contributed by atoms with Gasteiger partial charge in [-0.25, -0.2) is 8.42 Å². The minimum Gasteiger partial charge on any atom is -0.355 e. The molecule has 27 heavy (non-hydrogen) atoms. The van der Waals surface area contributed by atoms with Crippen LogP contribution in [-0.4, -0.2) is 75.9 Å². The lowest BCUT2D eigenvalue weighted by molar-refractivity contribution is -0.121. The number of hydrogen-bond donors (Lipinski definition) is 2. The number of sulfonamides is 1. The van der Waals surface area contributed by atoms with Gasteiger partial charge >= 0.3 is 0 Å². The van der Waals surface area contributed by atoms with Crippen LogP contribution in [0.2, 0.25) is 0 Å². The third-order valence-corrected chi connectivity index (χ3v) is 7.14. The number of nitrogens with one attached hydrogen (secondary N) is 2. The molecule has 0 aromatic heterocycles. The van der Waals surface area contributed by atoms with E-state index in [-0.39, 0.29) is 5.91 Å². The first kappa shape index (κ1) is 20.3. The standard InChI is InChI=1S/C19H30N4O3S/c24-19(21-11-16-22-14-9-20-10-15-22)8-5-17-3-6-18(7-4-17)27(25,26)23-12-1-2-13-23/h3-4,6-7,20H,1-2,5,8-16H2,(H,21,24). The monoisotopic (exact) mass is 394 g/mol. The Bertz CT molecular complexity index is 709. The molecule has 150 valence electrons. The van der Waals surface area contributed by atoms with Gasteiger partial charge in [-0.15, -0.1) is 0 Å². The van der Waals surface area contributed by atoms with Gasteiger partial charge in [0.25, 0.3) is 0 Å². The Kier molecular flexibility index (Phi) is 7.23. The number of benzene rings is 1. The number of piperazine rings is 1. The molecule has 1 aromatic carbocycles. The number of rotatable bonds is 8. The summed E-state index contributed by atoms with van der Waals surface area (Å²) >= 11 is 0. The molecule has 1 aromatic rings. The summed E-state index contributed by atoms with van der Waals surface area (Å²) < 4.78 is 26.6. The number of nitrogens with zero attached hydrogens (tertiary/aromatic N) is 2. The van der Waals surface area contributed by atoms with Crippen molar-refractivity contribution in [2.45, 2.75) is 30.6 Å². The van der Waals surface area contributed by atoms with Crippen molar-refractivity contribution in [3.63, 3.8) is 0 Å². The summed E-state index contributed by atoms with van der Waals surface area (Å²) in [6.45, 7) is 6.86. The quantitative estimate of drug-likeness (QED) is 0.668. The van der Waals surface area contributed by atoms with Crippen molar-refractivity contribution < 1.29 is 13.2 Å². The van der Waals surface area contributed by atoms with Gasteiger partial charge < -0.3 is 10.6 Å².